The van der Waals surface area contributed by atoms with E-state index in [0.29, 0.717) is 22.1 Å². The van der Waals surface area contributed by atoms with Crippen LogP contribution in [0.15, 0.2) is 48.5 Å². The van der Waals surface area contributed by atoms with Gasteiger partial charge in [-0.3, -0.25) is 9.59 Å². The SMILES string of the molecule is CC(C)C(=O)Nc1ccc(NC(=O)CNc2ccccc2Cl)cc1. The van der Waals surface area contributed by atoms with Gasteiger partial charge in [-0.25, -0.2) is 0 Å². The molecule has 24 heavy (non-hydrogen) atoms. The van der Waals surface area contributed by atoms with Gasteiger partial charge in [-0.05, 0) is 36.4 Å². The van der Waals surface area contributed by atoms with E-state index in [9.17, 15) is 9.59 Å². The fourth-order valence-electron chi connectivity index (χ4n) is 1.91. The van der Waals surface area contributed by atoms with Crippen LogP contribution in [0.4, 0.5) is 17.1 Å². The van der Waals surface area contributed by atoms with Crippen LogP contribution in [0.5, 0.6) is 0 Å². The topological polar surface area (TPSA) is 70.2 Å². The van der Waals surface area contributed by atoms with E-state index in [4.69, 9.17) is 11.6 Å². The van der Waals surface area contributed by atoms with E-state index in [0.717, 1.165) is 0 Å². The molecule has 2 aromatic carbocycles. The standard InChI is InChI=1S/C18H20ClN3O2/c1-12(2)18(24)22-14-9-7-13(8-10-14)21-17(23)11-20-16-6-4-3-5-15(16)19/h3-10,12,20H,11H2,1-2H3,(H,21,23)(H,22,24). The van der Waals surface area contributed by atoms with Crippen molar-refractivity contribution in [2.24, 2.45) is 5.92 Å². The summed E-state index contributed by atoms with van der Waals surface area (Å²) in [4.78, 5) is 23.6. The van der Waals surface area contributed by atoms with Gasteiger partial charge in [-0.1, -0.05) is 37.6 Å². The molecule has 0 fully saturated rings. The first-order chi connectivity index (χ1) is 11.5. The summed E-state index contributed by atoms with van der Waals surface area (Å²) in [6, 6.07) is 14.2. The van der Waals surface area contributed by atoms with E-state index in [1.807, 2.05) is 32.0 Å². The lowest BCUT2D eigenvalue weighted by molar-refractivity contribution is -0.119. The molecule has 2 rings (SSSR count). The van der Waals surface area contributed by atoms with Crippen molar-refractivity contribution < 1.29 is 9.59 Å². The number of anilines is 3. The Morgan fingerprint density at radius 1 is 0.958 bits per heavy atom. The summed E-state index contributed by atoms with van der Waals surface area (Å²) in [6.45, 7) is 3.77. The number of hydrogen-bond acceptors (Lipinski definition) is 3. The van der Waals surface area contributed by atoms with Crippen molar-refractivity contribution in [2.75, 3.05) is 22.5 Å². The molecule has 5 nitrogen and oxygen atoms in total. The van der Waals surface area contributed by atoms with E-state index in [1.165, 1.54) is 0 Å². The van der Waals surface area contributed by atoms with Crippen LogP contribution in [0.3, 0.4) is 0 Å². The Bertz CT molecular complexity index is 714. The maximum absolute atomic E-state index is 12.0. The van der Waals surface area contributed by atoms with Crippen molar-refractivity contribution in [3.63, 3.8) is 0 Å². The van der Waals surface area contributed by atoms with Crippen LogP contribution in [-0.4, -0.2) is 18.4 Å². The molecule has 6 heteroatoms. The number of nitrogens with one attached hydrogen (secondary N) is 3. The lowest BCUT2D eigenvalue weighted by atomic mass is 10.2. The van der Waals surface area contributed by atoms with Crippen LogP contribution in [0, 0.1) is 5.92 Å². The highest BCUT2D eigenvalue weighted by molar-refractivity contribution is 6.33. The van der Waals surface area contributed by atoms with E-state index >= 15 is 0 Å². The van der Waals surface area contributed by atoms with E-state index in [2.05, 4.69) is 16.0 Å². The summed E-state index contributed by atoms with van der Waals surface area (Å²) in [5, 5.41) is 9.12. The van der Waals surface area contributed by atoms with E-state index in [-0.39, 0.29) is 24.3 Å². The first kappa shape index (κ1) is 17.8. The molecule has 0 bridgehead atoms. The average molecular weight is 346 g/mol. The molecule has 3 N–H and O–H groups in total. The zero-order valence-corrected chi connectivity index (χ0v) is 14.4. The minimum absolute atomic E-state index is 0.0456. The second kappa shape index (κ2) is 8.36. The predicted octanol–water partition coefficient (Wildman–Crippen LogP) is 3.99. The van der Waals surface area contributed by atoms with Crippen molar-refractivity contribution in [1.82, 2.24) is 0 Å². The number of hydrogen-bond donors (Lipinski definition) is 3. The molecule has 126 valence electrons. The molecule has 0 saturated carbocycles. The lowest BCUT2D eigenvalue weighted by Gasteiger charge is -2.10. The monoisotopic (exact) mass is 345 g/mol. The molecule has 0 atom stereocenters. The molecule has 0 spiro atoms. The van der Waals surface area contributed by atoms with Gasteiger partial charge in [-0.2, -0.15) is 0 Å². The Morgan fingerprint density at radius 3 is 2.12 bits per heavy atom. The zero-order chi connectivity index (χ0) is 17.5. The Labute approximate surface area is 146 Å². The number of carbonyl (C=O) groups is 2. The Hall–Kier alpha value is -2.53. The van der Waals surface area contributed by atoms with Crippen molar-refractivity contribution in [3.05, 3.63) is 53.6 Å². The number of benzene rings is 2. The third-order valence-corrected chi connectivity index (χ3v) is 3.60. The summed E-state index contributed by atoms with van der Waals surface area (Å²) in [5.74, 6) is -0.315. The summed E-state index contributed by atoms with van der Waals surface area (Å²) < 4.78 is 0. The molecule has 0 aliphatic heterocycles. The number of rotatable bonds is 6. The van der Waals surface area contributed by atoms with Crippen LogP contribution in [0.1, 0.15) is 13.8 Å². The Morgan fingerprint density at radius 2 is 1.54 bits per heavy atom. The molecular weight excluding hydrogens is 326 g/mol. The number of para-hydroxylation sites is 1. The third kappa shape index (κ3) is 5.28. The van der Waals surface area contributed by atoms with Crippen molar-refractivity contribution >= 4 is 40.5 Å². The van der Waals surface area contributed by atoms with Crippen molar-refractivity contribution in [2.45, 2.75) is 13.8 Å². The summed E-state index contributed by atoms with van der Waals surface area (Å²) in [6.07, 6.45) is 0. The van der Waals surface area contributed by atoms with Crippen LogP contribution < -0.4 is 16.0 Å². The molecule has 0 aliphatic rings. The number of amides is 2. The molecule has 0 heterocycles. The quantitative estimate of drug-likeness (QED) is 0.741. The highest BCUT2D eigenvalue weighted by Crippen LogP contribution is 2.20. The van der Waals surface area contributed by atoms with E-state index < -0.39 is 0 Å². The third-order valence-electron chi connectivity index (χ3n) is 3.27. The van der Waals surface area contributed by atoms with Gasteiger partial charge in [0.2, 0.25) is 11.8 Å². The molecule has 0 radical (unpaired) electrons. The normalized spacial score (nSPS) is 10.3. The van der Waals surface area contributed by atoms with Crippen molar-refractivity contribution in [1.29, 1.82) is 0 Å². The van der Waals surface area contributed by atoms with Gasteiger partial charge in [0.15, 0.2) is 0 Å². The van der Waals surface area contributed by atoms with E-state index in [1.54, 1.807) is 30.3 Å². The molecule has 2 aromatic rings. The summed E-state index contributed by atoms with van der Waals surface area (Å²) >= 11 is 6.02. The number of carbonyl (C=O) groups excluding carboxylic acids is 2. The molecule has 2 amide bonds. The lowest BCUT2D eigenvalue weighted by Crippen LogP contribution is -2.22. The molecule has 0 aromatic heterocycles. The number of halogens is 1. The van der Waals surface area contributed by atoms with Gasteiger partial charge in [0.1, 0.15) is 0 Å². The largest absolute Gasteiger partial charge is 0.375 e. The molecular formula is C18H20ClN3O2. The predicted molar refractivity (Wildman–Crippen MR) is 98.5 cm³/mol. The van der Waals surface area contributed by atoms with Gasteiger partial charge in [0.05, 0.1) is 17.3 Å². The van der Waals surface area contributed by atoms with Gasteiger partial charge >= 0.3 is 0 Å². The fraction of sp³-hybridized carbons (Fsp3) is 0.222. The van der Waals surface area contributed by atoms with Gasteiger partial charge in [-0.15, -0.1) is 0 Å². The second-order valence-electron chi connectivity index (χ2n) is 5.60. The minimum Gasteiger partial charge on any atom is -0.375 e. The first-order valence-electron chi connectivity index (χ1n) is 7.65. The fourth-order valence-corrected chi connectivity index (χ4v) is 2.11. The molecule has 0 unspecified atom stereocenters. The van der Waals surface area contributed by atoms with Crippen LogP contribution >= 0.6 is 11.6 Å². The highest BCUT2D eigenvalue weighted by atomic mass is 35.5. The summed E-state index contributed by atoms with van der Waals surface area (Å²) in [5.41, 5.74) is 2.06. The van der Waals surface area contributed by atoms with Crippen molar-refractivity contribution in [3.8, 4) is 0 Å². The molecule has 0 aliphatic carbocycles. The average Bonchev–Trinajstić information content (AvgIpc) is 2.56. The Kier molecular flexibility index (Phi) is 6.21. The van der Waals surface area contributed by atoms with Gasteiger partial charge < -0.3 is 16.0 Å². The van der Waals surface area contributed by atoms with Crippen LogP contribution in [0.25, 0.3) is 0 Å². The van der Waals surface area contributed by atoms with Crippen LogP contribution in [-0.2, 0) is 9.59 Å². The second-order valence-corrected chi connectivity index (χ2v) is 6.01. The maximum Gasteiger partial charge on any atom is 0.243 e. The maximum atomic E-state index is 12.0. The molecule has 0 saturated heterocycles. The minimum atomic E-state index is -0.186. The first-order valence-corrected chi connectivity index (χ1v) is 8.02. The zero-order valence-electron chi connectivity index (χ0n) is 13.6. The van der Waals surface area contributed by atoms with Gasteiger partial charge in [0, 0.05) is 17.3 Å². The highest BCUT2D eigenvalue weighted by Gasteiger charge is 2.07. The Balaban J connectivity index is 1.86. The summed E-state index contributed by atoms with van der Waals surface area (Å²) in [7, 11) is 0. The smallest absolute Gasteiger partial charge is 0.243 e. The van der Waals surface area contributed by atoms with Crippen LogP contribution in [0.2, 0.25) is 5.02 Å². The van der Waals surface area contributed by atoms with Gasteiger partial charge in [0.25, 0.3) is 0 Å².